The smallest absolute Gasteiger partial charge is 0.264 e. The molecule has 4 aromatic rings. The highest BCUT2D eigenvalue weighted by Gasteiger charge is 2.26. The van der Waals surface area contributed by atoms with Gasteiger partial charge >= 0.3 is 0 Å². The predicted octanol–water partition coefficient (Wildman–Crippen LogP) is 4.74. The molecule has 1 aromatic heterocycles. The van der Waals surface area contributed by atoms with Gasteiger partial charge in [-0.3, -0.25) is 4.79 Å². The van der Waals surface area contributed by atoms with Crippen LogP contribution in [0.4, 0.5) is 5.95 Å². The fourth-order valence-corrected chi connectivity index (χ4v) is 5.35. The largest absolute Gasteiger partial charge is 0.472 e. The van der Waals surface area contributed by atoms with Crippen LogP contribution in [0.25, 0.3) is 22.4 Å². The van der Waals surface area contributed by atoms with Crippen LogP contribution in [-0.2, 0) is 10.0 Å². The second-order valence-electron chi connectivity index (χ2n) is 8.98. The van der Waals surface area contributed by atoms with Gasteiger partial charge in [-0.2, -0.15) is 4.98 Å². The molecule has 2 N–H and O–H groups in total. The number of carbonyl (C=O) groups is 1. The summed E-state index contributed by atoms with van der Waals surface area (Å²) in [6, 6.07) is 21.3. The lowest BCUT2D eigenvalue weighted by Gasteiger charge is -2.21. The van der Waals surface area contributed by atoms with Crippen molar-refractivity contribution in [2.45, 2.75) is 31.8 Å². The Morgan fingerprint density at radius 3 is 2.27 bits per heavy atom. The van der Waals surface area contributed by atoms with Crippen molar-refractivity contribution in [2.24, 2.45) is 0 Å². The molecule has 9 heteroatoms. The normalized spacial score (nSPS) is 16.7. The Bertz CT molecular complexity index is 1580. The summed E-state index contributed by atoms with van der Waals surface area (Å²) in [6.45, 7) is 5.97. The second kappa shape index (κ2) is 9.67. The fourth-order valence-electron chi connectivity index (χ4n) is 4.36. The third-order valence-corrected chi connectivity index (χ3v) is 7.48. The monoisotopic (exact) mass is 514 g/mol. The van der Waals surface area contributed by atoms with E-state index < -0.39 is 22.0 Å². The molecular weight excluding hydrogens is 488 g/mol. The van der Waals surface area contributed by atoms with Crippen LogP contribution in [0.2, 0.25) is 0 Å². The van der Waals surface area contributed by atoms with E-state index in [-0.39, 0.29) is 28.8 Å². The van der Waals surface area contributed by atoms with Gasteiger partial charge in [0.2, 0.25) is 11.8 Å². The Balaban J connectivity index is 1.80. The lowest BCUT2D eigenvalue weighted by molar-refractivity contribution is 0.0931. The Morgan fingerprint density at radius 1 is 0.865 bits per heavy atom. The SMILES string of the molecule is Cc1cccc(C)c1-c1nc2nc(c1-c1ccccc1)O[C@H](C)CNC(=O)c1cccc(c1)S(=O)(=O)N2. The minimum Gasteiger partial charge on any atom is -0.472 e. The number of sulfonamides is 1. The van der Waals surface area contributed by atoms with Gasteiger partial charge < -0.3 is 10.1 Å². The summed E-state index contributed by atoms with van der Waals surface area (Å²) in [5, 5.41) is 2.82. The van der Waals surface area contributed by atoms with Gasteiger partial charge in [-0.05, 0) is 55.7 Å². The van der Waals surface area contributed by atoms with E-state index in [1.807, 2.05) is 69.3 Å². The molecule has 1 atom stereocenters. The quantitative estimate of drug-likeness (QED) is 0.400. The molecule has 1 aliphatic rings. The van der Waals surface area contributed by atoms with Gasteiger partial charge in [0.25, 0.3) is 15.9 Å². The highest BCUT2D eigenvalue weighted by atomic mass is 32.2. The van der Waals surface area contributed by atoms with E-state index in [0.717, 1.165) is 22.3 Å². The molecule has 0 radical (unpaired) electrons. The van der Waals surface area contributed by atoms with Crippen molar-refractivity contribution < 1.29 is 17.9 Å². The van der Waals surface area contributed by atoms with Crippen LogP contribution in [-0.4, -0.2) is 36.9 Å². The van der Waals surface area contributed by atoms with Gasteiger partial charge in [-0.25, -0.2) is 18.1 Å². The third kappa shape index (κ3) is 4.90. The van der Waals surface area contributed by atoms with E-state index in [4.69, 9.17) is 9.72 Å². The summed E-state index contributed by atoms with van der Waals surface area (Å²) in [7, 11) is -4.10. The Kier molecular flexibility index (Phi) is 6.39. The second-order valence-corrected chi connectivity index (χ2v) is 10.7. The molecular formula is C28H26N4O4S. The average molecular weight is 515 g/mol. The van der Waals surface area contributed by atoms with Crippen LogP contribution in [0.15, 0.2) is 77.7 Å². The van der Waals surface area contributed by atoms with Gasteiger partial charge in [0.1, 0.15) is 6.10 Å². The Morgan fingerprint density at radius 2 is 1.54 bits per heavy atom. The minimum atomic E-state index is -4.10. The highest BCUT2D eigenvalue weighted by Crippen LogP contribution is 2.41. The van der Waals surface area contributed by atoms with E-state index in [2.05, 4.69) is 15.0 Å². The Labute approximate surface area is 215 Å². The zero-order chi connectivity index (χ0) is 26.2. The Hall–Kier alpha value is -4.24. The number of amides is 1. The van der Waals surface area contributed by atoms with E-state index in [1.54, 1.807) is 6.07 Å². The van der Waals surface area contributed by atoms with Crippen molar-refractivity contribution >= 4 is 21.9 Å². The van der Waals surface area contributed by atoms with E-state index in [1.165, 1.54) is 18.2 Å². The van der Waals surface area contributed by atoms with Crippen molar-refractivity contribution in [3.63, 3.8) is 0 Å². The number of aryl methyl sites for hydroxylation is 2. The number of aromatic nitrogens is 2. The number of rotatable bonds is 2. The third-order valence-electron chi connectivity index (χ3n) is 6.15. The number of nitrogens with one attached hydrogen (secondary N) is 2. The number of hydrogen-bond donors (Lipinski definition) is 2. The first-order valence-corrected chi connectivity index (χ1v) is 13.3. The van der Waals surface area contributed by atoms with Gasteiger partial charge in [0, 0.05) is 11.1 Å². The molecule has 188 valence electrons. The van der Waals surface area contributed by atoms with Crippen LogP contribution < -0.4 is 14.8 Å². The average Bonchev–Trinajstić information content (AvgIpc) is 2.87. The van der Waals surface area contributed by atoms with E-state index in [9.17, 15) is 13.2 Å². The highest BCUT2D eigenvalue weighted by molar-refractivity contribution is 7.92. The maximum atomic E-state index is 13.3. The number of carbonyl (C=O) groups excluding carboxylic acids is 1. The maximum Gasteiger partial charge on any atom is 0.264 e. The minimum absolute atomic E-state index is 0.0701. The fraction of sp³-hybridized carbons (Fsp3) is 0.179. The molecule has 0 saturated heterocycles. The van der Waals surface area contributed by atoms with Crippen molar-refractivity contribution in [1.29, 1.82) is 0 Å². The molecule has 0 fully saturated rings. The summed E-state index contributed by atoms with van der Waals surface area (Å²) in [4.78, 5) is 21.9. The lowest BCUT2D eigenvalue weighted by Crippen LogP contribution is -2.33. The molecule has 1 amide bonds. The van der Waals surface area contributed by atoms with Crippen LogP contribution >= 0.6 is 0 Å². The molecule has 5 rings (SSSR count). The zero-order valence-electron chi connectivity index (χ0n) is 20.6. The van der Waals surface area contributed by atoms with Crippen molar-refractivity contribution in [1.82, 2.24) is 15.3 Å². The lowest BCUT2D eigenvalue weighted by atomic mass is 9.94. The number of nitrogens with zero attached hydrogens (tertiary/aromatic N) is 2. The molecule has 0 spiro atoms. The van der Waals surface area contributed by atoms with Crippen LogP contribution in [0.1, 0.15) is 28.4 Å². The van der Waals surface area contributed by atoms with Crippen molar-refractivity contribution in [2.75, 3.05) is 11.3 Å². The standard InChI is InChI=1S/C28H26N4O4S/c1-17-9-7-10-18(2)23(17)25-24(20-11-5-4-6-12-20)27-31-28(30-25)32-37(34,35)22-14-8-13-21(15-22)26(33)29-16-19(3)36-27/h4-15,19H,16H2,1-3H3,(H,29,33)(H,30,31,32)/t19-/m1/s1. The first kappa shape index (κ1) is 24.5. The number of benzene rings is 3. The van der Waals surface area contributed by atoms with Gasteiger partial charge in [0.15, 0.2) is 0 Å². The molecule has 0 aliphatic carbocycles. The maximum absolute atomic E-state index is 13.3. The molecule has 8 nitrogen and oxygen atoms in total. The number of hydrogen-bond acceptors (Lipinski definition) is 6. The summed E-state index contributed by atoms with van der Waals surface area (Å²) >= 11 is 0. The summed E-state index contributed by atoms with van der Waals surface area (Å²) in [5.74, 6) is -0.309. The first-order valence-electron chi connectivity index (χ1n) is 11.8. The van der Waals surface area contributed by atoms with E-state index >= 15 is 0 Å². The van der Waals surface area contributed by atoms with Crippen LogP contribution in [0, 0.1) is 13.8 Å². The summed E-state index contributed by atoms with van der Waals surface area (Å²) < 4.78 is 35.4. The van der Waals surface area contributed by atoms with Gasteiger partial charge in [-0.15, -0.1) is 0 Å². The van der Waals surface area contributed by atoms with Crippen molar-refractivity contribution in [3.8, 4) is 28.3 Å². The molecule has 3 aromatic carbocycles. The van der Waals surface area contributed by atoms with Crippen molar-refractivity contribution in [3.05, 3.63) is 89.5 Å². The topological polar surface area (TPSA) is 110 Å². The summed E-state index contributed by atoms with van der Waals surface area (Å²) in [5.41, 5.74) is 5.03. The molecule has 0 unspecified atom stereocenters. The number of fused-ring (bicyclic) bond motifs is 4. The summed E-state index contributed by atoms with van der Waals surface area (Å²) in [6.07, 6.45) is -0.472. The van der Waals surface area contributed by atoms with Gasteiger partial charge in [0.05, 0.1) is 22.7 Å². The van der Waals surface area contributed by atoms with Crippen LogP contribution in [0.5, 0.6) is 5.88 Å². The van der Waals surface area contributed by atoms with Crippen LogP contribution in [0.3, 0.4) is 0 Å². The number of ether oxygens (including phenoxy) is 1. The molecule has 37 heavy (non-hydrogen) atoms. The first-order chi connectivity index (χ1) is 17.7. The number of anilines is 1. The zero-order valence-corrected chi connectivity index (χ0v) is 21.5. The molecule has 1 aliphatic heterocycles. The van der Waals surface area contributed by atoms with Gasteiger partial charge in [-0.1, -0.05) is 54.6 Å². The van der Waals surface area contributed by atoms with E-state index in [0.29, 0.717) is 11.3 Å². The predicted molar refractivity (Wildman–Crippen MR) is 142 cm³/mol. The molecule has 0 saturated carbocycles. The molecule has 4 bridgehead atoms. The molecule has 2 heterocycles.